The Hall–Kier alpha value is -1.71. The third-order valence-electron chi connectivity index (χ3n) is 2.31. The molecule has 0 saturated carbocycles. The molecular weight excluding hydrogens is 206 g/mol. The Morgan fingerprint density at radius 2 is 2.44 bits per heavy atom. The van der Waals surface area contributed by atoms with Gasteiger partial charge < -0.3 is 15.4 Å². The quantitative estimate of drug-likeness (QED) is 0.729. The molecule has 1 atom stereocenters. The lowest BCUT2D eigenvalue weighted by Gasteiger charge is -2.23. The van der Waals surface area contributed by atoms with Gasteiger partial charge in [-0.25, -0.2) is 9.97 Å². The predicted octanol–water partition coefficient (Wildman–Crippen LogP) is -0.251. The maximum atomic E-state index is 8.82. The molecule has 0 spiro atoms. The van der Waals surface area contributed by atoms with Crippen LogP contribution in [-0.4, -0.2) is 42.3 Å². The van der Waals surface area contributed by atoms with Gasteiger partial charge in [-0.2, -0.15) is 5.26 Å². The van der Waals surface area contributed by atoms with Crippen LogP contribution in [0.4, 0.5) is 5.82 Å². The molecule has 0 radical (unpaired) electrons. The van der Waals surface area contributed by atoms with E-state index in [9.17, 15) is 0 Å². The Morgan fingerprint density at radius 3 is 3.19 bits per heavy atom. The average Bonchev–Trinajstić information content (AvgIpc) is 2.38. The van der Waals surface area contributed by atoms with Crippen molar-refractivity contribution in [3.63, 3.8) is 0 Å². The number of ether oxygens (including phenoxy) is 1. The number of nitrogens with one attached hydrogen (secondary N) is 2. The summed E-state index contributed by atoms with van der Waals surface area (Å²) >= 11 is 0. The minimum atomic E-state index is 0.113. The molecule has 1 unspecified atom stereocenters. The van der Waals surface area contributed by atoms with Gasteiger partial charge in [0.15, 0.2) is 11.5 Å². The summed E-state index contributed by atoms with van der Waals surface area (Å²) in [4.78, 5) is 7.98. The summed E-state index contributed by atoms with van der Waals surface area (Å²) in [6.07, 6.45) is 3.17. The van der Waals surface area contributed by atoms with Crippen molar-refractivity contribution < 1.29 is 4.74 Å². The molecule has 1 aromatic rings. The topological polar surface area (TPSA) is 82.9 Å². The number of aromatic nitrogens is 2. The summed E-state index contributed by atoms with van der Waals surface area (Å²) in [6.45, 7) is 3.05. The molecule has 0 amide bonds. The second-order valence-corrected chi connectivity index (χ2v) is 3.44. The third-order valence-corrected chi connectivity index (χ3v) is 2.31. The van der Waals surface area contributed by atoms with Gasteiger partial charge in [0.2, 0.25) is 0 Å². The average molecular weight is 219 g/mol. The van der Waals surface area contributed by atoms with Crippen molar-refractivity contribution in [2.24, 2.45) is 0 Å². The molecule has 2 heterocycles. The molecule has 1 aliphatic rings. The van der Waals surface area contributed by atoms with Crippen LogP contribution in [-0.2, 0) is 4.74 Å². The van der Waals surface area contributed by atoms with Gasteiger partial charge in [-0.1, -0.05) is 0 Å². The fourth-order valence-electron chi connectivity index (χ4n) is 1.51. The number of hydrogen-bond donors (Lipinski definition) is 2. The number of hydrogen-bond acceptors (Lipinski definition) is 6. The molecule has 0 bridgehead atoms. The Balaban J connectivity index is 1.91. The molecule has 1 saturated heterocycles. The molecule has 16 heavy (non-hydrogen) atoms. The van der Waals surface area contributed by atoms with E-state index in [1.807, 2.05) is 6.07 Å². The molecule has 84 valence electrons. The standard InChI is InChI=1S/C10H13N5O/c11-5-9-10(14-2-1-13-9)15-7-8-6-12-3-4-16-8/h1-2,8,12H,3-4,6-7H2,(H,14,15). The molecule has 2 N–H and O–H groups in total. The highest BCUT2D eigenvalue weighted by molar-refractivity contribution is 5.46. The fraction of sp³-hybridized carbons (Fsp3) is 0.500. The van der Waals surface area contributed by atoms with E-state index in [4.69, 9.17) is 10.00 Å². The smallest absolute Gasteiger partial charge is 0.182 e. The zero-order valence-corrected chi connectivity index (χ0v) is 8.81. The summed E-state index contributed by atoms with van der Waals surface area (Å²) in [5, 5.41) is 15.1. The third kappa shape index (κ3) is 2.66. The van der Waals surface area contributed by atoms with Crippen LogP contribution in [0.15, 0.2) is 12.4 Å². The van der Waals surface area contributed by atoms with E-state index in [1.165, 1.54) is 6.20 Å². The Morgan fingerprint density at radius 1 is 1.56 bits per heavy atom. The normalized spacial score (nSPS) is 20.1. The Kier molecular flexibility index (Phi) is 3.64. The van der Waals surface area contributed by atoms with Gasteiger partial charge in [0.25, 0.3) is 0 Å². The van der Waals surface area contributed by atoms with Gasteiger partial charge in [-0.05, 0) is 0 Å². The first-order chi connectivity index (χ1) is 7.90. The van der Waals surface area contributed by atoms with Crippen molar-refractivity contribution in [3.05, 3.63) is 18.1 Å². The number of rotatable bonds is 3. The maximum Gasteiger partial charge on any atom is 0.182 e. The molecule has 2 rings (SSSR count). The first kappa shape index (κ1) is 10.8. The molecule has 1 aliphatic heterocycles. The second kappa shape index (κ2) is 5.39. The van der Waals surface area contributed by atoms with Crippen LogP contribution in [0.2, 0.25) is 0 Å². The van der Waals surface area contributed by atoms with Crippen LogP contribution in [0.1, 0.15) is 5.69 Å². The van der Waals surface area contributed by atoms with E-state index < -0.39 is 0 Å². The van der Waals surface area contributed by atoms with Crippen LogP contribution in [0.25, 0.3) is 0 Å². The van der Waals surface area contributed by atoms with Gasteiger partial charge in [0, 0.05) is 32.0 Å². The van der Waals surface area contributed by atoms with Gasteiger partial charge in [-0.15, -0.1) is 0 Å². The Bertz CT molecular complexity index is 383. The van der Waals surface area contributed by atoms with E-state index in [0.29, 0.717) is 18.1 Å². The van der Waals surface area contributed by atoms with E-state index in [-0.39, 0.29) is 6.10 Å². The summed E-state index contributed by atoms with van der Waals surface area (Å²) in [5.74, 6) is 0.513. The zero-order valence-electron chi connectivity index (χ0n) is 8.81. The number of morpholine rings is 1. The van der Waals surface area contributed by atoms with Crippen LogP contribution in [0.3, 0.4) is 0 Å². The summed E-state index contributed by atoms with van der Waals surface area (Å²) in [5.41, 5.74) is 0.311. The van der Waals surface area contributed by atoms with E-state index >= 15 is 0 Å². The van der Waals surface area contributed by atoms with Gasteiger partial charge in [-0.3, -0.25) is 0 Å². The summed E-state index contributed by atoms with van der Waals surface area (Å²) in [6, 6.07) is 1.99. The van der Waals surface area contributed by atoms with Gasteiger partial charge in [0.05, 0.1) is 12.7 Å². The second-order valence-electron chi connectivity index (χ2n) is 3.44. The lowest BCUT2D eigenvalue weighted by atomic mass is 10.3. The molecule has 6 heteroatoms. The molecule has 1 fully saturated rings. The highest BCUT2D eigenvalue weighted by atomic mass is 16.5. The van der Waals surface area contributed by atoms with Crippen molar-refractivity contribution in [1.29, 1.82) is 5.26 Å². The van der Waals surface area contributed by atoms with Crippen molar-refractivity contribution >= 4 is 5.82 Å². The van der Waals surface area contributed by atoms with Crippen LogP contribution in [0.5, 0.6) is 0 Å². The van der Waals surface area contributed by atoms with Crippen LogP contribution < -0.4 is 10.6 Å². The van der Waals surface area contributed by atoms with Crippen LogP contribution in [0, 0.1) is 11.3 Å². The lowest BCUT2D eigenvalue weighted by molar-refractivity contribution is 0.0372. The highest BCUT2D eigenvalue weighted by Gasteiger charge is 2.13. The molecule has 0 aromatic carbocycles. The number of nitrogens with zero attached hydrogens (tertiary/aromatic N) is 3. The number of anilines is 1. The highest BCUT2D eigenvalue weighted by Crippen LogP contribution is 2.07. The number of nitriles is 1. The van der Waals surface area contributed by atoms with E-state index in [1.54, 1.807) is 6.20 Å². The first-order valence-corrected chi connectivity index (χ1v) is 5.17. The largest absolute Gasteiger partial charge is 0.374 e. The summed E-state index contributed by atoms with van der Waals surface area (Å²) < 4.78 is 5.52. The summed E-state index contributed by atoms with van der Waals surface area (Å²) in [7, 11) is 0. The minimum absolute atomic E-state index is 0.113. The monoisotopic (exact) mass is 219 g/mol. The van der Waals surface area contributed by atoms with Crippen molar-refractivity contribution in [2.45, 2.75) is 6.10 Å². The Labute approximate surface area is 93.7 Å². The minimum Gasteiger partial charge on any atom is -0.374 e. The van der Waals surface area contributed by atoms with E-state index in [0.717, 1.165) is 19.7 Å². The predicted molar refractivity (Wildman–Crippen MR) is 57.8 cm³/mol. The van der Waals surface area contributed by atoms with E-state index in [2.05, 4.69) is 20.6 Å². The van der Waals surface area contributed by atoms with Gasteiger partial charge >= 0.3 is 0 Å². The van der Waals surface area contributed by atoms with Crippen molar-refractivity contribution in [1.82, 2.24) is 15.3 Å². The fourth-order valence-corrected chi connectivity index (χ4v) is 1.51. The lowest BCUT2D eigenvalue weighted by Crippen LogP contribution is -2.42. The first-order valence-electron chi connectivity index (χ1n) is 5.17. The van der Waals surface area contributed by atoms with Gasteiger partial charge in [0.1, 0.15) is 6.07 Å². The zero-order chi connectivity index (χ0) is 11.2. The van der Waals surface area contributed by atoms with Crippen molar-refractivity contribution in [3.8, 4) is 6.07 Å². The molecule has 1 aromatic heterocycles. The van der Waals surface area contributed by atoms with Crippen LogP contribution >= 0.6 is 0 Å². The molecule has 0 aliphatic carbocycles. The maximum absolute atomic E-state index is 8.82. The van der Waals surface area contributed by atoms with Crippen molar-refractivity contribution in [2.75, 3.05) is 31.6 Å². The molecular formula is C10H13N5O. The SMILES string of the molecule is N#Cc1nccnc1NCC1CNCCO1. The molecule has 6 nitrogen and oxygen atoms in total.